The Balaban J connectivity index is 1.61. The van der Waals surface area contributed by atoms with Crippen molar-refractivity contribution in [2.45, 2.75) is 69.7 Å². The molecule has 50 heavy (non-hydrogen) atoms. The monoisotopic (exact) mass is 711 g/mol. The van der Waals surface area contributed by atoms with Gasteiger partial charge in [0.25, 0.3) is 15.9 Å². The Bertz CT molecular complexity index is 1680. The molecule has 0 aliphatic carbocycles. The predicted molar refractivity (Wildman–Crippen MR) is 190 cm³/mol. The number of sulfonamides is 1. The highest BCUT2D eigenvalue weighted by molar-refractivity contribution is 7.92. The van der Waals surface area contributed by atoms with E-state index < -0.39 is 27.9 Å². The second-order valence-corrected chi connectivity index (χ2v) is 14.7. The standard InChI is InChI=1S/C37H49N3O9S/c1-25-21-40(26(2)24-41)36(42)33-20-30(38-50(45,46)32-16-14-31(47-5)15-17-32)13-18-34(33)49-27(3)8-6-7-19-48-35(25)23-39(4)22-28-9-11-29(12-10-28)37(43)44/h9-18,20,25-27,35,38,41H,6-8,19,21-24H2,1-5H3,(H,43,44)/t25-,26+,27-,35-/m0/s1. The smallest absolute Gasteiger partial charge is 0.335 e. The predicted octanol–water partition coefficient (Wildman–Crippen LogP) is 5.12. The zero-order valence-corrected chi connectivity index (χ0v) is 30.2. The van der Waals surface area contributed by atoms with Crippen molar-refractivity contribution in [3.8, 4) is 11.5 Å². The van der Waals surface area contributed by atoms with Gasteiger partial charge < -0.3 is 29.3 Å². The normalized spacial score (nSPS) is 19.9. The maximum atomic E-state index is 14.4. The number of carbonyl (C=O) groups excluding carboxylic acids is 1. The van der Waals surface area contributed by atoms with E-state index in [0.29, 0.717) is 37.6 Å². The van der Waals surface area contributed by atoms with E-state index in [4.69, 9.17) is 14.2 Å². The molecule has 1 amide bonds. The van der Waals surface area contributed by atoms with Crippen molar-refractivity contribution in [1.29, 1.82) is 0 Å². The van der Waals surface area contributed by atoms with Crippen LogP contribution in [0.5, 0.6) is 11.5 Å². The van der Waals surface area contributed by atoms with Crippen LogP contribution in [0.4, 0.5) is 5.69 Å². The van der Waals surface area contributed by atoms with Gasteiger partial charge in [0.2, 0.25) is 0 Å². The van der Waals surface area contributed by atoms with Crippen molar-refractivity contribution in [1.82, 2.24) is 9.80 Å². The molecule has 3 N–H and O–H groups in total. The molecule has 272 valence electrons. The highest BCUT2D eigenvalue weighted by atomic mass is 32.2. The number of amides is 1. The van der Waals surface area contributed by atoms with Crippen LogP contribution in [-0.2, 0) is 21.3 Å². The highest BCUT2D eigenvalue weighted by Crippen LogP contribution is 2.30. The number of methoxy groups -OCH3 is 1. The molecule has 0 unspecified atom stereocenters. The lowest BCUT2D eigenvalue weighted by Crippen LogP contribution is -2.47. The Morgan fingerprint density at radius 3 is 2.42 bits per heavy atom. The van der Waals surface area contributed by atoms with Crippen LogP contribution in [0.3, 0.4) is 0 Å². The molecule has 1 aliphatic heterocycles. The number of likely N-dealkylation sites (N-methyl/N-ethyl adjacent to an activating group) is 1. The molecule has 0 radical (unpaired) electrons. The lowest BCUT2D eigenvalue weighted by molar-refractivity contribution is -0.0177. The number of aliphatic hydroxyl groups excluding tert-OH is 1. The van der Waals surface area contributed by atoms with Gasteiger partial charge in [-0.25, -0.2) is 13.2 Å². The third kappa shape index (κ3) is 10.4. The first-order valence-corrected chi connectivity index (χ1v) is 18.3. The van der Waals surface area contributed by atoms with E-state index in [1.807, 2.05) is 20.9 Å². The summed E-state index contributed by atoms with van der Waals surface area (Å²) in [5.41, 5.74) is 1.55. The fourth-order valence-corrected chi connectivity index (χ4v) is 6.90. The lowest BCUT2D eigenvalue weighted by Gasteiger charge is -2.36. The average Bonchev–Trinajstić information content (AvgIpc) is 3.09. The maximum Gasteiger partial charge on any atom is 0.335 e. The molecule has 1 heterocycles. The minimum Gasteiger partial charge on any atom is -0.497 e. The van der Waals surface area contributed by atoms with Crippen LogP contribution < -0.4 is 14.2 Å². The van der Waals surface area contributed by atoms with Gasteiger partial charge in [-0.2, -0.15) is 0 Å². The number of ether oxygens (including phenoxy) is 3. The van der Waals surface area contributed by atoms with Crippen LogP contribution in [0.25, 0.3) is 0 Å². The van der Waals surface area contributed by atoms with Crippen LogP contribution in [0.2, 0.25) is 0 Å². The molecule has 1 aliphatic rings. The van der Waals surface area contributed by atoms with Gasteiger partial charge in [-0.1, -0.05) is 19.1 Å². The van der Waals surface area contributed by atoms with Gasteiger partial charge in [-0.05, 0) is 100 Å². The van der Waals surface area contributed by atoms with Crippen molar-refractivity contribution in [2.24, 2.45) is 5.92 Å². The SMILES string of the molecule is COc1ccc(S(=O)(=O)Nc2ccc3c(c2)C(=O)N([C@H](C)CO)C[C@H](C)[C@H](CN(C)Cc2ccc(C(=O)O)cc2)OCCCC[C@H](C)O3)cc1. The number of nitrogens with one attached hydrogen (secondary N) is 1. The molecule has 4 atom stereocenters. The van der Waals surface area contributed by atoms with E-state index >= 15 is 0 Å². The third-order valence-electron chi connectivity index (χ3n) is 8.82. The lowest BCUT2D eigenvalue weighted by atomic mass is 10.0. The summed E-state index contributed by atoms with van der Waals surface area (Å²) in [5, 5.41) is 19.5. The molecule has 0 saturated carbocycles. The Morgan fingerprint density at radius 2 is 1.78 bits per heavy atom. The van der Waals surface area contributed by atoms with E-state index in [-0.39, 0.29) is 53.0 Å². The zero-order chi connectivity index (χ0) is 36.4. The summed E-state index contributed by atoms with van der Waals surface area (Å²) < 4.78 is 47.0. The van der Waals surface area contributed by atoms with Gasteiger partial charge in [0.05, 0.1) is 48.0 Å². The number of aromatic carboxylic acids is 1. The Labute approximate surface area is 295 Å². The Kier molecular flexibility index (Phi) is 13.6. The largest absolute Gasteiger partial charge is 0.497 e. The van der Waals surface area contributed by atoms with E-state index in [9.17, 15) is 28.2 Å². The number of carboxylic acid groups (broad SMARTS) is 1. The fraction of sp³-hybridized carbons (Fsp3) is 0.459. The van der Waals surface area contributed by atoms with E-state index in [0.717, 1.165) is 18.4 Å². The fourth-order valence-electron chi connectivity index (χ4n) is 5.85. The minimum absolute atomic E-state index is 0.0345. The number of fused-ring (bicyclic) bond motifs is 1. The number of carboxylic acids is 1. The van der Waals surface area contributed by atoms with Gasteiger partial charge >= 0.3 is 5.97 Å². The second-order valence-electron chi connectivity index (χ2n) is 13.0. The van der Waals surface area contributed by atoms with Crippen molar-refractivity contribution >= 4 is 27.6 Å². The number of hydrogen-bond acceptors (Lipinski definition) is 9. The molecular formula is C37H49N3O9S. The summed E-state index contributed by atoms with van der Waals surface area (Å²) in [4.78, 5) is 29.4. The molecular weight excluding hydrogens is 662 g/mol. The molecule has 4 rings (SSSR count). The third-order valence-corrected chi connectivity index (χ3v) is 10.2. The van der Waals surface area contributed by atoms with Crippen molar-refractivity contribution in [2.75, 3.05) is 45.2 Å². The van der Waals surface area contributed by atoms with Crippen LogP contribution in [0, 0.1) is 5.92 Å². The van der Waals surface area contributed by atoms with Crippen LogP contribution in [-0.4, -0.2) is 99.0 Å². The molecule has 0 saturated heterocycles. The molecule has 3 aromatic carbocycles. The van der Waals surface area contributed by atoms with E-state index in [1.165, 1.54) is 25.3 Å². The summed E-state index contributed by atoms with van der Waals surface area (Å²) in [6.45, 7) is 7.31. The van der Waals surface area contributed by atoms with E-state index in [2.05, 4.69) is 9.62 Å². The first-order chi connectivity index (χ1) is 23.8. The number of benzene rings is 3. The molecule has 0 fully saturated rings. The van der Waals surface area contributed by atoms with Crippen LogP contribution in [0.15, 0.2) is 71.6 Å². The Morgan fingerprint density at radius 1 is 1.08 bits per heavy atom. The summed E-state index contributed by atoms with van der Waals surface area (Å²) in [6, 6.07) is 16.9. The number of carbonyl (C=O) groups is 2. The van der Waals surface area contributed by atoms with Gasteiger partial charge in [0, 0.05) is 37.8 Å². The van der Waals surface area contributed by atoms with Crippen LogP contribution >= 0.6 is 0 Å². The van der Waals surface area contributed by atoms with Crippen molar-refractivity contribution in [3.63, 3.8) is 0 Å². The first-order valence-electron chi connectivity index (χ1n) is 16.8. The van der Waals surface area contributed by atoms with Gasteiger partial charge in [0.1, 0.15) is 11.5 Å². The minimum atomic E-state index is -3.99. The topological polar surface area (TPSA) is 155 Å². The second kappa shape index (κ2) is 17.7. The summed E-state index contributed by atoms with van der Waals surface area (Å²) in [7, 11) is -0.527. The molecule has 0 aromatic heterocycles. The maximum absolute atomic E-state index is 14.4. The van der Waals surface area contributed by atoms with Crippen molar-refractivity contribution in [3.05, 3.63) is 83.4 Å². The van der Waals surface area contributed by atoms with Gasteiger partial charge in [-0.3, -0.25) is 14.4 Å². The summed E-state index contributed by atoms with van der Waals surface area (Å²) >= 11 is 0. The number of nitrogens with zero attached hydrogens (tertiary/aromatic N) is 2. The number of aliphatic hydroxyl groups is 1. The summed E-state index contributed by atoms with van der Waals surface area (Å²) in [6.07, 6.45) is 1.87. The molecule has 13 heteroatoms. The zero-order valence-electron chi connectivity index (χ0n) is 29.4. The summed E-state index contributed by atoms with van der Waals surface area (Å²) in [5.74, 6) is -0.693. The molecule has 12 nitrogen and oxygen atoms in total. The molecule has 3 aromatic rings. The molecule has 0 bridgehead atoms. The Hall–Kier alpha value is -4.17. The first kappa shape index (κ1) is 38.6. The number of hydrogen-bond donors (Lipinski definition) is 3. The molecule has 0 spiro atoms. The quantitative estimate of drug-likeness (QED) is 0.244. The highest BCUT2D eigenvalue weighted by Gasteiger charge is 2.31. The van der Waals surface area contributed by atoms with Gasteiger partial charge in [-0.15, -0.1) is 0 Å². The average molecular weight is 712 g/mol. The van der Waals surface area contributed by atoms with Gasteiger partial charge in [0.15, 0.2) is 0 Å². The van der Waals surface area contributed by atoms with E-state index in [1.54, 1.807) is 60.4 Å². The number of rotatable bonds is 11. The van der Waals surface area contributed by atoms with Crippen LogP contribution in [0.1, 0.15) is 66.3 Å². The number of anilines is 1. The van der Waals surface area contributed by atoms with Crippen molar-refractivity contribution < 1.29 is 42.4 Å².